The first kappa shape index (κ1) is 12.9. The molecule has 1 rings (SSSR count). The number of esters is 1. The van der Waals surface area contributed by atoms with Crippen molar-refractivity contribution in [3.63, 3.8) is 0 Å². The van der Waals surface area contributed by atoms with E-state index in [1.807, 2.05) is 6.92 Å². The number of hydrogen-bond donors (Lipinski definition) is 1. The molecule has 0 bridgehead atoms. The Kier molecular flexibility index (Phi) is 4.26. The molecule has 0 aliphatic heterocycles. The monoisotopic (exact) mass is 242 g/mol. The number of rotatable bonds is 4. The first-order valence-electron chi connectivity index (χ1n) is 4.68. The number of methoxy groups -OCH3 is 1. The molecule has 1 aromatic rings. The fraction of sp³-hybridized carbons (Fsp3) is 0.500. The number of nitrogens with zero attached hydrogens (tertiary/aromatic N) is 2. The van der Waals surface area contributed by atoms with Gasteiger partial charge in [0, 0.05) is 18.1 Å². The predicted molar refractivity (Wildman–Crippen MR) is 60.1 cm³/mol. The van der Waals surface area contributed by atoms with E-state index in [-0.39, 0.29) is 5.75 Å². The van der Waals surface area contributed by atoms with Gasteiger partial charge in [0.15, 0.2) is 10.8 Å². The zero-order chi connectivity index (χ0) is 12.2. The van der Waals surface area contributed by atoms with Crippen LogP contribution in [-0.2, 0) is 9.53 Å². The molecule has 5 nitrogen and oxygen atoms in total. The molecule has 1 N–H and O–H groups in total. The second-order valence-corrected chi connectivity index (χ2v) is 4.54. The van der Waals surface area contributed by atoms with Gasteiger partial charge < -0.3 is 9.84 Å². The van der Waals surface area contributed by atoms with E-state index in [0.717, 1.165) is 5.56 Å². The minimum absolute atomic E-state index is 0.155. The minimum atomic E-state index is -1.52. The van der Waals surface area contributed by atoms with Gasteiger partial charge in [0.1, 0.15) is 0 Å². The summed E-state index contributed by atoms with van der Waals surface area (Å²) in [7, 11) is 1.24. The van der Waals surface area contributed by atoms with Crippen LogP contribution in [0.1, 0.15) is 12.5 Å². The summed E-state index contributed by atoms with van der Waals surface area (Å²) < 4.78 is 4.48. The minimum Gasteiger partial charge on any atom is -0.467 e. The molecule has 1 aromatic heterocycles. The quantitative estimate of drug-likeness (QED) is 0.478. The number of hydrogen-bond acceptors (Lipinski definition) is 6. The van der Waals surface area contributed by atoms with Gasteiger partial charge in [0.2, 0.25) is 0 Å². The topological polar surface area (TPSA) is 72.3 Å². The Morgan fingerprint density at radius 1 is 1.56 bits per heavy atom. The fourth-order valence-corrected chi connectivity index (χ4v) is 1.72. The summed E-state index contributed by atoms with van der Waals surface area (Å²) in [6, 6.07) is 0. The van der Waals surface area contributed by atoms with Gasteiger partial charge in [0.25, 0.3) is 0 Å². The second-order valence-electron chi connectivity index (χ2n) is 3.60. The van der Waals surface area contributed by atoms with Crippen molar-refractivity contribution < 1.29 is 14.6 Å². The molecular weight excluding hydrogens is 228 g/mol. The number of thioether (sulfide) groups is 1. The molecule has 0 saturated heterocycles. The second kappa shape index (κ2) is 5.27. The molecule has 16 heavy (non-hydrogen) atoms. The van der Waals surface area contributed by atoms with Crippen molar-refractivity contribution in [2.24, 2.45) is 0 Å². The summed E-state index contributed by atoms with van der Waals surface area (Å²) in [6.07, 6.45) is 3.37. The molecule has 1 unspecified atom stereocenters. The van der Waals surface area contributed by atoms with E-state index in [9.17, 15) is 9.90 Å². The first-order valence-corrected chi connectivity index (χ1v) is 5.66. The molecule has 0 spiro atoms. The van der Waals surface area contributed by atoms with Crippen LogP contribution in [0.2, 0.25) is 0 Å². The molecule has 0 aliphatic rings. The Hall–Kier alpha value is -1.14. The van der Waals surface area contributed by atoms with Crippen LogP contribution in [0.5, 0.6) is 0 Å². The molecule has 0 fully saturated rings. The highest BCUT2D eigenvalue weighted by Gasteiger charge is 2.31. The van der Waals surface area contributed by atoms with Crippen molar-refractivity contribution in [1.29, 1.82) is 0 Å². The number of ether oxygens (including phenoxy) is 1. The molecule has 0 aliphatic carbocycles. The van der Waals surface area contributed by atoms with Gasteiger partial charge in [-0.1, -0.05) is 11.8 Å². The highest BCUT2D eigenvalue weighted by molar-refractivity contribution is 7.99. The lowest BCUT2D eigenvalue weighted by atomic mass is 10.1. The third-order valence-electron chi connectivity index (χ3n) is 1.86. The van der Waals surface area contributed by atoms with E-state index in [1.165, 1.54) is 25.8 Å². The number of carbonyl (C=O) groups excluding carboxylic acids is 1. The highest BCUT2D eigenvalue weighted by atomic mass is 32.2. The Morgan fingerprint density at radius 2 is 2.12 bits per heavy atom. The molecule has 1 heterocycles. The van der Waals surface area contributed by atoms with Crippen LogP contribution in [0.15, 0.2) is 17.6 Å². The van der Waals surface area contributed by atoms with Gasteiger partial charge in [-0.3, -0.25) is 0 Å². The summed E-state index contributed by atoms with van der Waals surface area (Å²) in [6.45, 7) is 3.29. The van der Waals surface area contributed by atoms with Crippen molar-refractivity contribution in [2.75, 3.05) is 12.9 Å². The van der Waals surface area contributed by atoms with Crippen LogP contribution in [0.3, 0.4) is 0 Å². The largest absolute Gasteiger partial charge is 0.467 e. The zero-order valence-electron chi connectivity index (χ0n) is 9.43. The fourth-order valence-electron chi connectivity index (χ4n) is 0.939. The Balaban J connectivity index is 2.57. The maximum Gasteiger partial charge on any atom is 0.338 e. The van der Waals surface area contributed by atoms with Gasteiger partial charge in [-0.05, 0) is 19.4 Å². The summed E-state index contributed by atoms with van der Waals surface area (Å²) in [4.78, 5) is 19.3. The van der Waals surface area contributed by atoms with Gasteiger partial charge in [-0.25, -0.2) is 14.8 Å². The van der Waals surface area contributed by atoms with Gasteiger partial charge >= 0.3 is 5.97 Å². The molecule has 0 saturated carbocycles. The standard InChI is InChI=1S/C10H14N2O3S/c1-7-4-11-9(12-5-7)16-6-10(2,14)8(13)15-3/h4-5,14H,6H2,1-3H3. The number of aliphatic hydroxyl groups is 1. The van der Waals surface area contributed by atoms with E-state index in [4.69, 9.17) is 0 Å². The predicted octanol–water partition coefficient (Wildman–Crippen LogP) is 0.801. The Morgan fingerprint density at radius 3 is 2.62 bits per heavy atom. The van der Waals surface area contributed by atoms with E-state index in [0.29, 0.717) is 5.16 Å². The molecule has 0 amide bonds. The zero-order valence-corrected chi connectivity index (χ0v) is 10.2. The van der Waals surface area contributed by atoms with E-state index >= 15 is 0 Å². The van der Waals surface area contributed by atoms with Gasteiger partial charge in [-0.15, -0.1) is 0 Å². The SMILES string of the molecule is COC(=O)C(C)(O)CSc1ncc(C)cn1. The van der Waals surface area contributed by atoms with Gasteiger partial charge in [-0.2, -0.15) is 0 Å². The maximum absolute atomic E-state index is 11.2. The van der Waals surface area contributed by atoms with Crippen molar-refractivity contribution in [1.82, 2.24) is 9.97 Å². The molecule has 0 radical (unpaired) electrons. The third kappa shape index (κ3) is 3.46. The third-order valence-corrected chi connectivity index (χ3v) is 3.04. The van der Waals surface area contributed by atoms with Crippen molar-refractivity contribution in [2.45, 2.75) is 24.6 Å². The summed E-state index contributed by atoms with van der Waals surface area (Å²) >= 11 is 1.21. The van der Waals surface area contributed by atoms with Crippen LogP contribution >= 0.6 is 11.8 Å². The molecular formula is C10H14N2O3S. The summed E-state index contributed by atoms with van der Waals surface area (Å²) in [5.41, 5.74) is -0.558. The number of aromatic nitrogens is 2. The smallest absolute Gasteiger partial charge is 0.338 e. The van der Waals surface area contributed by atoms with Crippen LogP contribution in [0.4, 0.5) is 0 Å². The van der Waals surface area contributed by atoms with Crippen LogP contribution in [0, 0.1) is 6.92 Å². The molecule has 1 atom stereocenters. The molecule has 88 valence electrons. The first-order chi connectivity index (χ1) is 7.45. The average Bonchev–Trinajstić information content (AvgIpc) is 2.27. The van der Waals surface area contributed by atoms with Gasteiger partial charge in [0.05, 0.1) is 7.11 Å². The van der Waals surface area contributed by atoms with E-state index in [1.54, 1.807) is 12.4 Å². The average molecular weight is 242 g/mol. The lowest BCUT2D eigenvalue weighted by molar-refractivity contribution is -0.158. The van der Waals surface area contributed by atoms with Crippen LogP contribution in [-0.4, -0.2) is 39.5 Å². The van der Waals surface area contributed by atoms with Crippen molar-refractivity contribution in [3.8, 4) is 0 Å². The number of carbonyl (C=O) groups is 1. The van der Waals surface area contributed by atoms with Crippen LogP contribution in [0.25, 0.3) is 0 Å². The Bertz CT molecular complexity index is 365. The highest BCUT2D eigenvalue weighted by Crippen LogP contribution is 2.19. The molecule has 6 heteroatoms. The lowest BCUT2D eigenvalue weighted by Gasteiger charge is -2.18. The summed E-state index contributed by atoms with van der Waals surface area (Å²) in [5, 5.41) is 10.3. The van der Waals surface area contributed by atoms with Crippen LogP contribution < -0.4 is 0 Å². The molecule has 0 aromatic carbocycles. The maximum atomic E-state index is 11.2. The van der Waals surface area contributed by atoms with Crippen molar-refractivity contribution >= 4 is 17.7 Å². The van der Waals surface area contributed by atoms with E-state index < -0.39 is 11.6 Å². The number of aryl methyl sites for hydroxylation is 1. The lowest BCUT2D eigenvalue weighted by Crippen LogP contribution is -2.38. The Labute approximate surface area is 98.3 Å². The summed E-state index contributed by atoms with van der Waals surface area (Å²) in [5.74, 6) is -0.505. The van der Waals surface area contributed by atoms with Crippen molar-refractivity contribution in [3.05, 3.63) is 18.0 Å². The normalized spacial score (nSPS) is 14.2. The van der Waals surface area contributed by atoms with E-state index in [2.05, 4.69) is 14.7 Å².